The van der Waals surface area contributed by atoms with Crippen LogP contribution in [0.2, 0.25) is 118 Å². The second kappa shape index (κ2) is 21.3. The fraction of sp³-hybridized carbons (Fsp3) is 1.00. The summed E-state index contributed by atoms with van der Waals surface area (Å²) in [5, 5.41) is 0. The van der Waals surface area contributed by atoms with Crippen LogP contribution in [0.15, 0.2) is 0 Å². The first-order valence-corrected chi connectivity index (χ1v) is 30.7. The van der Waals surface area contributed by atoms with E-state index in [0.717, 1.165) is 0 Å². The van der Waals surface area contributed by atoms with Gasteiger partial charge in [0.1, 0.15) is 0 Å². The van der Waals surface area contributed by atoms with Gasteiger partial charge in [-0.25, -0.2) is 0 Å². The molecule has 0 aromatic carbocycles. The van der Waals surface area contributed by atoms with Crippen LogP contribution >= 0.6 is 0 Å². The topological polar surface area (TPSA) is 27.7 Å². The smallest absolute Gasteiger partial charge is 0.170 e. The minimum Gasteiger partial charge on any atom is -0.456 e. The van der Waals surface area contributed by atoms with Crippen molar-refractivity contribution in [3.05, 3.63) is 0 Å². The van der Waals surface area contributed by atoms with E-state index >= 15 is 0 Å². The fourth-order valence-corrected chi connectivity index (χ4v) is 24.8. The fourth-order valence-electron chi connectivity index (χ4n) is 2.76. The Kier molecular flexibility index (Phi) is 38.3. The molecule has 0 aliphatic rings. The Hall–Kier alpha value is 1.18. The Morgan fingerprint density at radius 3 is 0.273 bits per heavy atom. The van der Waals surface area contributed by atoms with Gasteiger partial charge < -0.3 is 12.3 Å². The molecule has 0 bridgehead atoms. The summed E-state index contributed by atoms with van der Waals surface area (Å²) in [4.78, 5) is 0. The zero-order chi connectivity index (χ0) is 23.1. The molecule has 0 N–H and O–H groups in total. The van der Waals surface area contributed by atoms with Crippen LogP contribution in [-0.4, -0.2) is 49.9 Å². The van der Waals surface area contributed by atoms with Gasteiger partial charge in [0.15, 0.2) is 49.9 Å². The quantitative estimate of drug-likeness (QED) is 0.291. The van der Waals surface area contributed by atoms with Gasteiger partial charge >= 0.3 is 0 Å². The standard InChI is InChI=1S/3C6H18OSi2.6CH4/c3*1-8(2,3)7-9(4,5)6;;;;;;/h3*1-6H3;6*1H4. The third-order valence-electron chi connectivity index (χ3n) is 1.84. The normalized spacial score (nSPS) is 11.5. The molecule has 0 aromatic heterocycles. The van der Waals surface area contributed by atoms with E-state index in [4.69, 9.17) is 12.3 Å². The highest BCUT2D eigenvalue weighted by atomic mass is 28.4. The van der Waals surface area contributed by atoms with Crippen LogP contribution in [0.4, 0.5) is 0 Å². The van der Waals surface area contributed by atoms with Gasteiger partial charge in [-0.15, -0.1) is 0 Å². The van der Waals surface area contributed by atoms with Gasteiger partial charge in [0, 0.05) is 0 Å². The second-order valence-electron chi connectivity index (χ2n) is 13.0. The summed E-state index contributed by atoms with van der Waals surface area (Å²) < 4.78 is 17.7. The van der Waals surface area contributed by atoms with Crippen molar-refractivity contribution in [3.8, 4) is 0 Å². The van der Waals surface area contributed by atoms with Gasteiger partial charge in [-0.1, -0.05) is 44.6 Å². The van der Waals surface area contributed by atoms with Crippen molar-refractivity contribution in [3.63, 3.8) is 0 Å². The lowest BCUT2D eigenvalue weighted by Gasteiger charge is -2.27. The summed E-state index contributed by atoms with van der Waals surface area (Å²) in [5.74, 6) is 0. The summed E-state index contributed by atoms with van der Waals surface area (Å²) >= 11 is 0. The zero-order valence-corrected chi connectivity index (χ0v) is 28.2. The molecule has 0 atom stereocenters. The maximum absolute atomic E-state index is 5.90. The third kappa shape index (κ3) is 87.7. The molecule has 216 valence electrons. The van der Waals surface area contributed by atoms with E-state index in [1.165, 1.54) is 0 Å². The summed E-state index contributed by atoms with van der Waals surface area (Å²) in [6.45, 7) is 40.3. The number of rotatable bonds is 6. The van der Waals surface area contributed by atoms with E-state index in [1.54, 1.807) is 0 Å². The Morgan fingerprint density at radius 1 is 0.212 bits per heavy atom. The average molecular weight is 583 g/mol. The average Bonchev–Trinajstić information content (AvgIpc) is 1.96. The molecule has 0 aromatic rings. The highest BCUT2D eigenvalue weighted by molar-refractivity contribution is 6.84. The van der Waals surface area contributed by atoms with Crippen LogP contribution in [-0.2, 0) is 12.3 Å². The van der Waals surface area contributed by atoms with E-state index in [2.05, 4.69) is 118 Å². The lowest BCUT2D eigenvalue weighted by atomic mass is 11.8. The molecular weight excluding hydrogens is 505 g/mol. The molecule has 9 heteroatoms. The van der Waals surface area contributed by atoms with E-state index in [9.17, 15) is 0 Å². The largest absolute Gasteiger partial charge is 0.456 e. The molecule has 0 fully saturated rings. The van der Waals surface area contributed by atoms with Crippen molar-refractivity contribution < 1.29 is 12.3 Å². The second-order valence-corrected chi connectivity index (χ2v) is 40.8. The highest BCUT2D eigenvalue weighted by Crippen LogP contribution is 2.14. The van der Waals surface area contributed by atoms with Crippen LogP contribution in [0.25, 0.3) is 0 Å². The van der Waals surface area contributed by atoms with Crippen LogP contribution in [0, 0.1) is 0 Å². The van der Waals surface area contributed by atoms with E-state index in [1.807, 2.05) is 0 Å². The molecule has 3 nitrogen and oxygen atoms in total. The number of hydrogen-bond acceptors (Lipinski definition) is 3. The maximum Gasteiger partial charge on any atom is 0.170 e. The molecule has 0 aliphatic carbocycles. The lowest BCUT2D eigenvalue weighted by Crippen LogP contribution is -2.39. The predicted octanol–water partition coefficient (Wildman–Crippen LogP) is 11.8. The summed E-state index contributed by atoms with van der Waals surface area (Å²) in [6, 6.07) is 0. The van der Waals surface area contributed by atoms with Crippen molar-refractivity contribution in [2.24, 2.45) is 0 Å². The minimum atomic E-state index is -1.23. The molecule has 0 amide bonds. The van der Waals surface area contributed by atoms with Gasteiger partial charge in [0.05, 0.1) is 0 Å². The van der Waals surface area contributed by atoms with Crippen molar-refractivity contribution in [2.45, 2.75) is 162 Å². The van der Waals surface area contributed by atoms with E-state index in [-0.39, 0.29) is 44.6 Å². The summed E-state index contributed by atoms with van der Waals surface area (Å²) in [5.41, 5.74) is 0. The third-order valence-corrected chi connectivity index (χ3v) is 16.5. The molecule has 0 saturated carbocycles. The lowest BCUT2D eigenvalue weighted by molar-refractivity contribution is 0.558. The predicted molar refractivity (Wildman–Crippen MR) is 184 cm³/mol. The first kappa shape index (κ1) is 59.3. The molecule has 0 aliphatic heterocycles. The highest BCUT2D eigenvalue weighted by Gasteiger charge is 2.25. The zero-order valence-electron chi connectivity index (χ0n) is 22.2. The van der Waals surface area contributed by atoms with Crippen LogP contribution in [0.3, 0.4) is 0 Å². The Morgan fingerprint density at radius 2 is 0.273 bits per heavy atom. The monoisotopic (exact) mass is 582 g/mol. The van der Waals surface area contributed by atoms with Gasteiger partial charge in [-0.3, -0.25) is 0 Å². The van der Waals surface area contributed by atoms with Gasteiger partial charge in [-0.05, 0) is 118 Å². The number of hydrogen-bond donors (Lipinski definition) is 0. The van der Waals surface area contributed by atoms with Crippen molar-refractivity contribution >= 4 is 49.9 Å². The van der Waals surface area contributed by atoms with Gasteiger partial charge in [0.2, 0.25) is 0 Å². The molecule has 0 heterocycles. The molecule has 33 heavy (non-hydrogen) atoms. The van der Waals surface area contributed by atoms with Gasteiger partial charge in [-0.2, -0.15) is 0 Å². The molecule has 0 rings (SSSR count). The maximum atomic E-state index is 5.90. The Balaban J connectivity index is -0.0000000343. The SMILES string of the molecule is C.C.C.C.C.C.C[Si](C)(C)O[Si](C)(C)C.C[Si](C)(C)O[Si](C)(C)C.C[Si](C)(C)O[Si](C)(C)C. The molecule has 0 spiro atoms. The first-order valence-electron chi connectivity index (χ1n) is 10.2. The van der Waals surface area contributed by atoms with Crippen molar-refractivity contribution in [2.75, 3.05) is 0 Å². The van der Waals surface area contributed by atoms with Crippen molar-refractivity contribution in [1.29, 1.82) is 0 Å². The first-order chi connectivity index (χ1) is 11.1. The Bertz CT molecular complexity index is 294. The molecule has 0 saturated heterocycles. The summed E-state index contributed by atoms with van der Waals surface area (Å²) in [7, 11) is -7.39. The van der Waals surface area contributed by atoms with Crippen molar-refractivity contribution in [1.82, 2.24) is 0 Å². The molecule has 0 unspecified atom stereocenters. The van der Waals surface area contributed by atoms with Crippen LogP contribution < -0.4 is 0 Å². The van der Waals surface area contributed by atoms with Gasteiger partial charge in [0.25, 0.3) is 0 Å². The van der Waals surface area contributed by atoms with Crippen LogP contribution in [0.1, 0.15) is 44.6 Å². The van der Waals surface area contributed by atoms with E-state index in [0.29, 0.717) is 0 Å². The van der Waals surface area contributed by atoms with Crippen LogP contribution in [0.5, 0.6) is 0 Å². The molecular formula is C24H78O3Si6. The van der Waals surface area contributed by atoms with E-state index < -0.39 is 49.9 Å². The Labute approximate surface area is 224 Å². The molecule has 0 radical (unpaired) electrons. The minimum absolute atomic E-state index is 0. The summed E-state index contributed by atoms with van der Waals surface area (Å²) in [6.07, 6.45) is 0.